The lowest BCUT2D eigenvalue weighted by atomic mass is 10.2. The monoisotopic (exact) mass is 350 g/mol. The number of hydrogen-bond donors (Lipinski definition) is 1. The molecule has 5 heteroatoms. The molecular weight excluding hydrogens is 335 g/mol. The molecule has 0 aliphatic heterocycles. The lowest BCUT2D eigenvalue weighted by Crippen LogP contribution is -2.30. The van der Waals surface area contributed by atoms with Gasteiger partial charge >= 0.3 is 0 Å². The Bertz CT molecular complexity index is 616. The molecule has 0 bridgehead atoms. The number of likely N-dealkylation sites (N-methyl/N-ethyl adjacent to an activating group) is 1. The summed E-state index contributed by atoms with van der Waals surface area (Å²) in [5.74, 6) is -0.666. The van der Waals surface area contributed by atoms with Crippen LogP contribution in [0.2, 0.25) is 0 Å². The average Bonchev–Trinajstić information content (AvgIpc) is 2.44. The fourth-order valence-electron chi connectivity index (χ4n) is 1.95. The molecule has 0 atom stereocenters. The van der Waals surface area contributed by atoms with Gasteiger partial charge < -0.3 is 5.32 Å². The summed E-state index contributed by atoms with van der Waals surface area (Å²) in [6.07, 6.45) is 0. The second-order valence-electron chi connectivity index (χ2n) is 4.83. The van der Waals surface area contributed by atoms with Gasteiger partial charge in [-0.05, 0) is 36.9 Å². The molecule has 2 aromatic rings. The first-order valence-corrected chi connectivity index (χ1v) is 7.31. The third-order valence-electron chi connectivity index (χ3n) is 2.93. The molecule has 0 aromatic heterocycles. The molecule has 0 aliphatic carbocycles. The highest BCUT2D eigenvalue weighted by Crippen LogP contribution is 2.13. The summed E-state index contributed by atoms with van der Waals surface area (Å²) in [4.78, 5) is 13.8. The number of rotatable bonds is 5. The lowest BCUT2D eigenvalue weighted by molar-refractivity contribution is -0.117. The number of halogens is 2. The highest BCUT2D eigenvalue weighted by atomic mass is 79.9. The van der Waals surface area contributed by atoms with E-state index in [4.69, 9.17) is 0 Å². The third-order valence-corrected chi connectivity index (χ3v) is 3.46. The number of amides is 1. The highest BCUT2D eigenvalue weighted by molar-refractivity contribution is 9.10. The van der Waals surface area contributed by atoms with Crippen molar-refractivity contribution < 1.29 is 9.18 Å². The van der Waals surface area contributed by atoms with Gasteiger partial charge in [0.05, 0.1) is 12.2 Å². The number of hydrogen-bond acceptors (Lipinski definition) is 2. The molecule has 0 saturated heterocycles. The molecule has 0 radical (unpaired) electrons. The minimum atomic E-state index is -0.429. The van der Waals surface area contributed by atoms with E-state index in [1.54, 1.807) is 18.2 Å². The predicted molar refractivity (Wildman–Crippen MR) is 85.5 cm³/mol. The number of carbonyl (C=O) groups excluding carboxylic acids is 1. The van der Waals surface area contributed by atoms with Crippen molar-refractivity contribution in [2.24, 2.45) is 0 Å². The average molecular weight is 351 g/mol. The second kappa shape index (κ2) is 7.33. The van der Waals surface area contributed by atoms with Crippen LogP contribution >= 0.6 is 15.9 Å². The van der Waals surface area contributed by atoms with E-state index in [1.807, 2.05) is 36.2 Å². The van der Waals surface area contributed by atoms with Crippen molar-refractivity contribution in [2.75, 3.05) is 18.9 Å². The minimum absolute atomic E-state index is 0.199. The normalized spacial score (nSPS) is 10.7. The van der Waals surface area contributed by atoms with E-state index >= 15 is 0 Å². The van der Waals surface area contributed by atoms with Crippen LogP contribution < -0.4 is 5.32 Å². The number of benzene rings is 2. The first kappa shape index (κ1) is 15.7. The van der Waals surface area contributed by atoms with E-state index in [1.165, 1.54) is 6.07 Å². The molecule has 2 rings (SSSR count). The zero-order valence-corrected chi connectivity index (χ0v) is 13.2. The Hall–Kier alpha value is -1.72. The Morgan fingerprint density at radius 3 is 2.52 bits per heavy atom. The Balaban J connectivity index is 1.87. The van der Waals surface area contributed by atoms with Gasteiger partial charge in [0, 0.05) is 11.0 Å². The molecule has 0 aliphatic rings. The molecule has 1 N–H and O–H groups in total. The fraction of sp³-hybridized carbons (Fsp3) is 0.188. The lowest BCUT2D eigenvalue weighted by Gasteiger charge is -2.16. The van der Waals surface area contributed by atoms with Crippen LogP contribution in [0.25, 0.3) is 0 Å². The van der Waals surface area contributed by atoms with Gasteiger partial charge in [-0.2, -0.15) is 0 Å². The highest BCUT2D eigenvalue weighted by Gasteiger charge is 2.09. The smallest absolute Gasteiger partial charge is 0.238 e. The van der Waals surface area contributed by atoms with Crippen molar-refractivity contribution in [3.63, 3.8) is 0 Å². The molecule has 0 spiro atoms. The molecule has 2 aromatic carbocycles. The van der Waals surface area contributed by atoms with Gasteiger partial charge in [0.25, 0.3) is 0 Å². The number of anilines is 1. The van der Waals surface area contributed by atoms with Crippen molar-refractivity contribution in [1.29, 1.82) is 0 Å². The van der Waals surface area contributed by atoms with Crippen LogP contribution in [0.3, 0.4) is 0 Å². The van der Waals surface area contributed by atoms with Crippen LogP contribution in [0.15, 0.2) is 53.0 Å². The fourth-order valence-corrected chi connectivity index (χ4v) is 2.22. The SMILES string of the molecule is CN(CC(=O)Nc1ccccc1F)Cc1ccc(Br)cc1. The summed E-state index contributed by atoms with van der Waals surface area (Å²) < 4.78 is 14.5. The molecule has 0 fully saturated rings. The molecular formula is C16H16BrFN2O. The van der Waals surface area contributed by atoms with Gasteiger partial charge in [0.15, 0.2) is 0 Å². The van der Waals surface area contributed by atoms with Crippen LogP contribution in [0.1, 0.15) is 5.56 Å². The minimum Gasteiger partial charge on any atom is -0.322 e. The quantitative estimate of drug-likeness (QED) is 0.892. The van der Waals surface area contributed by atoms with Gasteiger partial charge in [0.2, 0.25) is 5.91 Å². The van der Waals surface area contributed by atoms with Crippen molar-refractivity contribution in [2.45, 2.75) is 6.54 Å². The van der Waals surface area contributed by atoms with Crippen molar-refractivity contribution in [3.8, 4) is 0 Å². The maximum atomic E-state index is 13.4. The van der Waals surface area contributed by atoms with E-state index in [-0.39, 0.29) is 18.1 Å². The summed E-state index contributed by atoms with van der Waals surface area (Å²) in [5, 5.41) is 2.57. The molecule has 21 heavy (non-hydrogen) atoms. The molecule has 1 amide bonds. The van der Waals surface area contributed by atoms with Crippen LogP contribution in [0.5, 0.6) is 0 Å². The summed E-state index contributed by atoms with van der Waals surface area (Å²) >= 11 is 3.38. The Morgan fingerprint density at radius 2 is 1.86 bits per heavy atom. The Kier molecular flexibility index (Phi) is 5.47. The van der Waals surface area contributed by atoms with Crippen LogP contribution in [-0.4, -0.2) is 24.4 Å². The van der Waals surface area contributed by atoms with E-state index < -0.39 is 5.82 Å². The van der Waals surface area contributed by atoms with E-state index in [2.05, 4.69) is 21.2 Å². The van der Waals surface area contributed by atoms with Crippen LogP contribution in [0, 0.1) is 5.82 Å². The predicted octanol–water partition coefficient (Wildman–Crippen LogP) is 3.66. The van der Waals surface area contributed by atoms with Gasteiger partial charge in [-0.1, -0.05) is 40.2 Å². The maximum Gasteiger partial charge on any atom is 0.238 e. The van der Waals surface area contributed by atoms with Crippen LogP contribution in [-0.2, 0) is 11.3 Å². The Morgan fingerprint density at radius 1 is 1.19 bits per heavy atom. The van der Waals surface area contributed by atoms with E-state index in [0.29, 0.717) is 6.54 Å². The molecule has 110 valence electrons. The zero-order valence-electron chi connectivity index (χ0n) is 11.6. The van der Waals surface area contributed by atoms with E-state index in [0.717, 1.165) is 10.0 Å². The Labute approximate surface area is 131 Å². The number of nitrogens with zero attached hydrogens (tertiary/aromatic N) is 1. The summed E-state index contributed by atoms with van der Waals surface area (Å²) in [7, 11) is 1.85. The second-order valence-corrected chi connectivity index (χ2v) is 5.74. The van der Waals surface area contributed by atoms with Gasteiger partial charge in [0.1, 0.15) is 5.82 Å². The maximum absolute atomic E-state index is 13.4. The van der Waals surface area contributed by atoms with Gasteiger partial charge in [-0.25, -0.2) is 4.39 Å². The molecule has 0 heterocycles. The van der Waals surface area contributed by atoms with E-state index in [9.17, 15) is 9.18 Å². The summed E-state index contributed by atoms with van der Waals surface area (Å²) in [5.41, 5.74) is 1.32. The van der Waals surface area contributed by atoms with Gasteiger partial charge in [-0.3, -0.25) is 9.69 Å². The topological polar surface area (TPSA) is 32.3 Å². The molecule has 3 nitrogen and oxygen atoms in total. The van der Waals surface area contributed by atoms with Crippen molar-refractivity contribution in [1.82, 2.24) is 4.90 Å². The zero-order chi connectivity index (χ0) is 15.2. The first-order chi connectivity index (χ1) is 10.0. The number of nitrogens with one attached hydrogen (secondary N) is 1. The van der Waals surface area contributed by atoms with Crippen LogP contribution in [0.4, 0.5) is 10.1 Å². The third kappa shape index (κ3) is 4.95. The first-order valence-electron chi connectivity index (χ1n) is 6.52. The summed E-state index contributed by atoms with van der Waals surface area (Å²) in [6.45, 7) is 0.850. The van der Waals surface area contributed by atoms with Crippen molar-refractivity contribution in [3.05, 3.63) is 64.4 Å². The summed E-state index contributed by atoms with van der Waals surface area (Å²) in [6, 6.07) is 14.0. The van der Waals surface area contributed by atoms with Crippen molar-refractivity contribution >= 4 is 27.5 Å². The van der Waals surface area contributed by atoms with Gasteiger partial charge in [-0.15, -0.1) is 0 Å². The largest absolute Gasteiger partial charge is 0.322 e. The number of carbonyl (C=O) groups is 1. The molecule has 0 unspecified atom stereocenters. The molecule has 0 saturated carbocycles. The number of para-hydroxylation sites is 1. The standard InChI is InChI=1S/C16H16BrFN2O/c1-20(10-12-6-8-13(17)9-7-12)11-16(21)19-15-5-3-2-4-14(15)18/h2-9H,10-11H2,1H3,(H,19,21).